The summed E-state index contributed by atoms with van der Waals surface area (Å²) in [6, 6.07) is 2.66. The maximum absolute atomic E-state index is 13.0. The van der Waals surface area contributed by atoms with Crippen molar-refractivity contribution in [1.29, 1.82) is 0 Å². The van der Waals surface area contributed by atoms with Crippen molar-refractivity contribution in [2.45, 2.75) is 44.4 Å². The Bertz CT molecular complexity index is 638. The molecule has 1 aromatic carbocycles. The van der Waals surface area contributed by atoms with Crippen LogP contribution in [0.3, 0.4) is 0 Å². The molecule has 1 fully saturated rings. The normalized spacial score (nSPS) is 16.7. The molecule has 0 aromatic heterocycles. The minimum Gasteiger partial charge on any atom is -0.388 e. The highest BCUT2D eigenvalue weighted by Gasteiger charge is 2.33. The molecule has 0 aliphatic heterocycles. The highest BCUT2D eigenvalue weighted by atomic mass is 19.4. The molecule has 0 spiro atoms. The van der Waals surface area contributed by atoms with Crippen molar-refractivity contribution in [3.63, 3.8) is 0 Å². The van der Waals surface area contributed by atoms with Gasteiger partial charge in [-0.1, -0.05) is 12.8 Å². The van der Waals surface area contributed by atoms with Crippen molar-refractivity contribution in [1.82, 2.24) is 5.32 Å². The average molecular weight is 344 g/mol. The van der Waals surface area contributed by atoms with E-state index < -0.39 is 29.2 Å². The number of carbonyl (C=O) groups excluding carboxylic acids is 2. The minimum absolute atomic E-state index is 0.0163. The lowest BCUT2D eigenvalue weighted by Crippen LogP contribution is -2.40. The molecule has 132 valence electrons. The Morgan fingerprint density at radius 2 is 1.83 bits per heavy atom. The molecule has 8 heteroatoms. The first-order chi connectivity index (χ1) is 11.1. The van der Waals surface area contributed by atoms with Crippen LogP contribution in [0.15, 0.2) is 18.2 Å². The van der Waals surface area contributed by atoms with Gasteiger partial charge < -0.3 is 15.7 Å². The van der Waals surface area contributed by atoms with E-state index in [-0.39, 0.29) is 17.8 Å². The molecule has 5 nitrogen and oxygen atoms in total. The van der Waals surface area contributed by atoms with E-state index in [1.165, 1.54) is 6.07 Å². The maximum atomic E-state index is 13.0. The Balaban J connectivity index is 2.20. The highest BCUT2D eigenvalue weighted by molar-refractivity contribution is 5.97. The third-order valence-corrected chi connectivity index (χ3v) is 3.96. The Kier molecular flexibility index (Phi) is 5.17. The summed E-state index contributed by atoms with van der Waals surface area (Å²) in [6.07, 6.45) is -1.85. The molecule has 1 aliphatic rings. The molecule has 2 rings (SSSR count). The first-order valence-electron chi connectivity index (χ1n) is 7.60. The first kappa shape index (κ1) is 18.3. The third-order valence-electron chi connectivity index (χ3n) is 3.96. The van der Waals surface area contributed by atoms with Gasteiger partial charge in [-0.25, -0.2) is 0 Å². The van der Waals surface area contributed by atoms with Crippen LogP contribution in [0.5, 0.6) is 0 Å². The van der Waals surface area contributed by atoms with Crippen LogP contribution in [-0.2, 0) is 11.0 Å². The Morgan fingerprint density at radius 1 is 1.21 bits per heavy atom. The van der Waals surface area contributed by atoms with Gasteiger partial charge in [-0.05, 0) is 31.0 Å². The smallest absolute Gasteiger partial charge is 0.388 e. The second-order valence-corrected chi connectivity index (χ2v) is 6.09. The van der Waals surface area contributed by atoms with Crippen LogP contribution < -0.4 is 10.6 Å². The Morgan fingerprint density at radius 3 is 2.38 bits per heavy atom. The molecule has 1 aliphatic carbocycles. The Hall–Kier alpha value is -2.09. The summed E-state index contributed by atoms with van der Waals surface area (Å²) in [7, 11) is 0. The fraction of sp³-hybridized carbons (Fsp3) is 0.500. The number of halogens is 3. The molecule has 0 saturated heterocycles. The number of amides is 2. The number of rotatable bonds is 4. The van der Waals surface area contributed by atoms with Gasteiger partial charge in [-0.2, -0.15) is 13.2 Å². The van der Waals surface area contributed by atoms with Crippen LogP contribution >= 0.6 is 0 Å². The fourth-order valence-electron chi connectivity index (χ4n) is 2.75. The number of alkyl halides is 3. The number of benzene rings is 1. The summed E-state index contributed by atoms with van der Waals surface area (Å²) in [5.74, 6) is -1.27. The van der Waals surface area contributed by atoms with Crippen molar-refractivity contribution in [3.8, 4) is 0 Å². The summed E-state index contributed by atoms with van der Waals surface area (Å²) < 4.78 is 38.9. The zero-order valence-corrected chi connectivity index (χ0v) is 13.2. The summed E-state index contributed by atoms with van der Waals surface area (Å²) in [4.78, 5) is 23.2. The van der Waals surface area contributed by atoms with Crippen LogP contribution in [0.1, 0.15) is 48.5 Å². The molecule has 0 heterocycles. The lowest BCUT2D eigenvalue weighted by Gasteiger charge is -2.22. The zero-order chi connectivity index (χ0) is 18.0. The predicted molar refractivity (Wildman–Crippen MR) is 81.5 cm³/mol. The second-order valence-electron chi connectivity index (χ2n) is 6.09. The largest absolute Gasteiger partial charge is 0.416 e. The van der Waals surface area contributed by atoms with Gasteiger partial charge in [0.15, 0.2) is 0 Å². The van der Waals surface area contributed by atoms with Crippen molar-refractivity contribution in [2.75, 3.05) is 11.9 Å². The van der Waals surface area contributed by atoms with E-state index in [1.807, 2.05) is 0 Å². The van der Waals surface area contributed by atoms with Gasteiger partial charge in [-0.15, -0.1) is 0 Å². The third kappa shape index (κ3) is 4.70. The van der Waals surface area contributed by atoms with Crippen LogP contribution in [0.25, 0.3) is 0 Å². The van der Waals surface area contributed by atoms with Crippen molar-refractivity contribution in [2.24, 2.45) is 0 Å². The quantitative estimate of drug-likeness (QED) is 0.786. The summed E-state index contributed by atoms with van der Waals surface area (Å²) >= 11 is 0. The molecule has 24 heavy (non-hydrogen) atoms. The number of hydrogen-bond donors (Lipinski definition) is 3. The molecule has 0 bridgehead atoms. The standard InChI is InChI=1S/C16H19F3N2O3/c1-10(22)21-13-7-11(6-12(8-13)16(17,18)19)14(23)20-9-15(24)4-2-3-5-15/h6-8,24H,2-5,9H2,1H3,(H,20,23)(H,21,22). The number of nitrogens with one attached hydrogen (secondary N) is 2. The molecule has 0 atom stereocenters. The van der Waals surface area contributed by atoms with E-state index in [0.29, 0.717) is 12.8 Å². The molecule has 0 unspecified atom stereocenters. The fourth-order valence-corrected chi connectivity index (χ4v) is 2.75. The predicted octanol–water partition coefficient (Wildman–Crippen LogP) is 2.70. The molecule has 1 saturated carbocycles. The summed E-state index contributed by atoms with van der Waals surface area (Å²) in [5, 5.41) is 14.9. The van der Waals surface area contributed by atoms with E-state index in [4.69, 9.17) is 0 Å². The number of anilines is 1. The molecular weight excluding hydrogens is 325 g/mol. The highest BCUT2D eigenvalue weighted by Crippen LogP contribution is 2.32. The van der Waals surface area contributed by atoms with Gasteiger partial charge in [0.25, 0.3) is 5.91 Å². The van der Waals surface area contributed by atoms with Crippen LogP contribution in [0.4, 0.5) is 18.9 Å². The SMILES string of the molecule is CC(=O)Nc1cc(C(=O)NCC2(O)CCCC2)cc(C(F)(F)F)c1. The first-order valence-corrected chi connectivity index (χ1v) is 7.60. The van der Waals surface area contributed by atoms with Crippen LogP contribution in [0.2, 0.25) is 0 Å². The van der Waals surface area contributed by atoms with E-state index in [1.54, 1.807) is 0 Å². The number of carbonyl (C=O) groups is 2. The van der Waals surface area contributed by atoms with Crippen molar-refractivity contribution >= 4 is 17.5 Å². The number of aliphatic hydroxyl groups is 1. The van der Waals surface area contributed by atoms with Gasteiger partial charge in [-0.3, -0.25) is 9.59 Å². The van der Waals surface area contributed by atoms with E-state index >= 15 is 0 Å². The lowest BCUT2D eigenvalue weighted by atomic mass is 10.0. The summed E-state index contributed by atoms with van der Waals surface area (Å²) in [6.45, 7) is 1.15. The molecule has 2 amide bonds. The monoisotopic (exact) mass is 344 g/mol. The van der Waals surface area contributed by atoms with Gasteiger partial charge >= 0.3 is 6.18 Å². The topological polar surface area (TPSA) is 78.4 Å². The number of hydrogen-bond acceptors (Lipinski definition) is 3. The van der Waals surface area contributed by atoms with Crippen molar-refractivity contribution < 1.29 is 27.9 Å². The Labute approximate surface area is 137 Å². The molecule has 0 radical (unpaired) electrons. The molecule has 3 N–H and O–H groups in total. The van der Waals surface area contributed by atoms with E-state index in [9.17, 15) is 27.9 Å². The van der Waals surface area contributed by atoms with E-state index in [2.05, 4.69) is 10.6 Å². The van der Waals surface area contributed by atoms with Gasteiger partial charge in [0.2, 0.25) is 5.91 Å². The molecule has 1 aromatic rings. The van der Waals surface area contributed by atoms with Gasteiger partial charge in [0.1, 0.15) is 0 Å². The van der Waals surface area contributed by atoms with E-state index in [0.717, 1.165) is 31.9 Å². The second kappa shape index (κ2) is 6.80. The van der Waals surface area contributed by atoms with Crippen LogP contribution in [-0.4, -0.2) is 29.1 Å². The zero-order valence-electron chi connectivity index (χ0n) is 13.2. The maximum Gasteiger partial charge on any atom is 0.416 e. The van der Waals surface area contributed by atoms with Gasteiger partial charge in [0.05, 0.1) is 11.2 Å². The van der Waals surface area contributed by atoms with Crippen LogP contribution in [0, 0.1) is 0 Å². The van der Waals surface area contributed by atoms with Crippen molar-refractivity contribution in [3.05, 3.63) is 29.3 Å². The molecular formula is C16H19F3N2O3. The minimum atomic E-state index is -4.65. The van der Waals surface area contributed by atoms with Gasteiger partial charge in [0, 0.05) is 24.7 Å². The average Bonchev–Trinajstić information content (AvgIpc) is 2.90. The lowest BCUT2D eigenvalue weighted by molar-refractivity contribution is -0.137. The summed E-state index contributed by atoms with van der Waals surface area (Å²) in [5.41, 5.74) is -2.37.